The van der Waals surface area contributed by atoms with Crippen LogP contribution in [0.1, 0.15) is 32.3 Å². The Morgan fingerprint density at radius 1 is 1.36 bits per heavy atom. The van der Waals surface area contributed by atoms with Crippen molar-refractivity contribution >= 4 is 27.5 Å². The van der Waals surface area contributed by atoms with Gasteiger partial charge in [0, 0.05) is 17.6 Å². The van der Waals surface area contributed by atoms with Crippen molar-refractivity contribution in [2.45, 2.75) is 50.9 Å². The summed E-state index contributed by atoms with van der Waals surface area (Å²) in [5.41, 5.74) is 2.11. The number of carbonyl (C=O) groups excluding carboxylic acids is 1. The van der Waals surface area contributed by atoms with E-state index in [2.05, 4.69) is 15.2 Å². The number of hydrogen-bond donors (Lipinski definition) is 1. The molecule has 0 aliphatic carbocycles. The van der Waals surface area contributed by atoms with Gasteiger partial charge in [-0.05, 0) is 26.7 Å². The molecule has 9 heteroatoms. The standard InChI is InChI=1S/C19H26N4O3S2/c1-4-14(3)23(16-9-10-28(25,26)12-16)17(24)11-27-19-20-18(21-22-19)15-7-5-13(2)6-8-15/h5-8,14,16H,4,9-12H2,1-3H3,(H,20,21,22)/t14-,16+/m1/s1. The molecule has 2 atom stereocenters. The topological polar surface area (TPSA) is 96.0 Å². The maximum atomic E-state index is 12.9. The van der Waals surface area contributed by atoms with E-state index in [1.165, 1.54) is 17.3 Å². The molecule has 1 aromatic carbocycles. The Morgan fingerprint density at radius 2 is 2.07 bits per heavy atom. The van der Waals surface area contributed by atoms with Crippen molar-refractivity contribution in [3.63, 3.8) is 0 Å². The Morgan fingerprint density at radius 3 is 2.68 bits per heavy atom. The largest absolute Gasteiger partial charge is 0.335 e. The molecule has 0 bridgehead atoms. The smallest absolute Gasteiger partial charge is 0.233 e. The van der Waals surface area contributed by atoms with Gasteiger partial charge in [0.2, 0.25) is 11.1 Å². The van der Waals surface area contributed by atoms with Crippen LogP contribution >= 0.6 is 11.8 Å². The molecular formula is C19H26N4O3S2. The molecule has 7 nitrogen and oxygen atoms in total. The molecule has 1 aliphatic heterocycles. The van der Waals surface area contributed by atoms with Crippen LogP contribution in [-0.4, -0.2) is 63.7 Å². The number of hydrogen-bond acceptors (Lipinski definition) is 6. The van der Waals surface area contributed by atoms with E-state index in [4.69, 9.17) is 0 Å². The number of sulfone groups is 1. The Kier molecular flexibility index (Phi) is 6.44. The minimum atomic E-state index is -3.04. The first-order chi connectivity index (χ1) is 13.3. The molecule has 152 valence electrons. The molecule has 3 rings (SSSR count). The molecule has 0 spiro atoms. The summed E-state index contributed by atoms with van der Waals surface area (Å²) in [6.07, 6.45) is 1.30. The first kappa shape index (κ1) is 20.9. The first-order valence-corrected chi connectivity index (χ1v) is 12.2. The maximum Gasteiger partial charge on any atom is 0.233 e. The highest BCUT2D eigenvalue weighted by molar-refractivity contribution is 7.99. The number of carbonyl (C=O) groups is 1. The number of aromatic amines is 1. The molecule has 1 N–H and O–H groups in total. The second-order valence-electron chi connectivity index (χ2n) is 7.24. The lowest BCUT2D eigenvalue weighted by molar-refractivity contribution is -0.132. The fourth-order valence-corrected chi connectivity index (χ4v) is 5.73. The minimum Gasteiger partial charge on any atom is -0.335 e. The average molecular weight is 423 g/mol. The van der Waals surface area contributed by atoms with Gasteiger partial charge in [-0.25, -0.2) is 13.4 Å². The van der Waals surface area contributed by atoms with Gasteiger partial charge in [-0.1, -0.05) is 48.5 Å². The van der Waals surface area contributed by atoms with Gasteiger partial charge in [0.25, 0.3) is 0 Å². The average Bonchev–Trinajstić information content (AvgIpc) is 3.27. The maximum absolute atomic E-state index is 12.9. The third kappa shape index (κ3) is 4.94. The van der Waals surface area contributed by atoms with E-state index < -0.39 is 9.84 Å². The van der Waals surface area contributed by atoms with Gasteiger partial charge in [0.05, 0.1) is 17.3 Å². The summed E-state index contributed by atoms with van der Waals surface area (Å²) in [4.78, 5) is 19.1. The number of nitrogens with one attached hydrogen (secondary N) is 1. The molecule has 1 fully saturated rings. The number of nitrogens with zero attached hydrogens (tertiary/aromatic N) is 3. The van der Waals surface area contributed by atoms with Gasteiger partial charge in [-0.15, -0.1) is 5.10 Å². The van der Waals surface area contributed by atoms with Crippen LogP contribution in [0, 0.1) is 6.92 Å². The summed E-state index contributed by atoms with van der Waals surface area (Å²) in [6.45, 7) is 6.00. The lowest BCUT2D eigenvalue weighted by atomic mass is 10.1. The van der Waals surface area contributed by atoms with Crippen LogP contribution in [0.25, 0.3) is 11.4 Å². The van der Waals surface area contributed by atoms with Crippen molar-refractivity contribution in [3.8, 4) is 11.4 Å². The number of benzene rings is 1. The second kappa shape index (κ2) is 8.65. The summed E-state index contributed by atoms with van der Waals surface area (Å²) in [7, 11) is -3.04. The van der Waals surface area contributed by atoms with Gasteiger partial charge in [0.15, 0.2) is 15.7 Å². The van der Waals surface area contributed by atoms with Gasteiger partial charge >= 0.3 is 0 Å². The molecule has 2 aromatic rings. The predicted octanol–water partition coefficient (Wildman–Crippen LogP) is 2.69. The van der Waals surface area contributed by atoms with Crippen molar-refractivity contribution in [1.82, 2.24) is 20.1 Å². The molecular weight excluding hydrogens is 396 g/mol. The molecule has 1 saturated heterocycles. The monoisotopic (exact) mass is 422 g/mol. The third-order valence-electron chi connectivity index (χ3n) is 5.07. The summed E-state index contributed by atoms with van der Waals surface area (Å²) in [5.74, 6) is 1.00. The highest BCUT2D eigenvalue weighted by atomic mass is 32.2. The zero-order chi connectivity index (χ0) is 20.3. The summed E-state index contributed by atoms with van der Waals surface area (Å²) < 4.78 is 23.7. The fourth-order valence-electron chi connectivity index (χ4n) is 3.35. The van der Waals surface area contributed by atoms with Crippen LogP contribution in [0.4, 0.5) is 0 Å². The number of rotatable bonds is 7. The highest BCUT2D eigenvalue weighted by Gasteiger charge is 2.36. The van der Waals surface area contributed by atoms with Gasteiger partial charge in [-0.3, -0.25) is 9.89 Å². The fraction of sp³-hybridized carbons (Fsp3) is 0.526. The van der Waals surface area contributed by atoms with Crippen LogP contribution < -0.4 is 0 Å². The van der Waals surface area contributed by atoms with E-state index in [0.29, 0.717) is 17.4 Å². The van der Waals surface area contributed by atoms with Crippen molar-refractivity contribution in [2.75, 3.05) is 17.3 Å². The molecule has 1 aliphatic rings. The number of amides is 1. The van der Waals surface area contributed by atoms with Crippen molar-refractivity contribution in [1.29, 1.82) is 0 Å². The van der Waals surface area contributed by atoms with Crippen LogP contribution in [0.5, 0.6) is 0 Å². The third-order valence-corrected chi connectivity index (χ3v) is 7.65. The first-order valence-electron chi connectivity index (χ1n) is 9.43. The lowest BCUT2D eigenvalue weighted by Crippen LogP contribution is -2.47. The van der Waals surface area contributed by atoms with Crippen molar-refractivity contribution in [3.05, 3.63) is 29.8 Å². The van der Waals surface area contributed by atoms with Gasteiger partial charge in [-0.2, -0.15) is 0 Å². The van der Waals surface area contributed by atoms with Crippen LogP contribution in [0.2, 0.25) is 0 Å². The van der Waals surface area contributed by atoms with E-state index in [9.17, 15) is 13.2 Å². The SMILES string of the molecule is CC[C@@H](C)N(C(=O)CSc1n[nH]c(-c2ccc(C)cc2)n1)[C@H]1CCS(=O)(=O)C1. The van der Waals surface area contributed by atoms with Crippen LogP contribution in [0.15, 0.2) is 29.4 Å². The van der Waals surface area contributed by atoms with Gasteiger partial charge < -0.3 is 4.90 Å². The van der Waals surface area contributed by atoms with E-state index >= 15 is 0 Å². The number of aromatic nitrogens is 3. The molecule has 1 aromatic heterocycles. The Hall–Kier alpha value is -1.87. The zero-order valence-corrected chi connectivity index (χ0v) is 18.0. The number of thioether (sulfide) groups is 1. The Labute approximate surface area is 170 Å². The molecule has 0 saturated carbocycles. The predicted molar refractivity (Wildman–Crippen MR) is 111 cm³/mol. The molecule has 28 heavy (non-hydrogen) atoms. The van der Waals surface area contributed by atoms with Gasteiger partial charge in [0.1, 0.15) is 0 Å². The number of H-pyrrole nitrogens is 1. The Balaban J connectivity index is 1.65. The minimum absolute atomic E-state index is 0.00154. The van der Waals surface area contributed by atoms with Crippen molar-refractivity contribution in [2.24, 2.45) is 0 Å². The van der Waals surface area contributed by atoms with Crippen LogP contribution in [-0.2, 0) is 14.6 Å². The molecule has 0 unspecified atom stereocenters. The quantitative estimate of drug-likeness (QED) is 0.689. The summed E-state index contributed by atoms with van der Waals surface area (Å²) >= 11 is 1.27. The second-order valence-corrected chi connectivity index (χ2v) is 10.4. The van der Waals surface area contributed by atoms with E-state index in [1.807, 2.05) is 45.0 Å². The molecule has 0 radical (unpaired) electrons. The van der Waals surface area contributed by atoms with E-state index in [0.717, 1.165) is 12.0 Å². The molecule has 1 amide bonds. The van der Waals surface area contributed by atoms with E-state index in [-0.39, 0.29) is 35.2 Å². The summed E-state index contributed by atoms with van der Waals surface area (Å²) in [5, 5.41) is 7.61. The highest BCUT2D eigenvalue weighted by Crippen LogP contribution is 2.24. The normalized spacial score (nSPS) is 19.5. The number of aryl methyl sites for hydroxylation is 1. The molecule has 2 heterocycles. The lowest BCUT2D eigenvalue weighted by Gasteiger charge is -2.33. The van der Waals surface area contributed by atoms with Crippen molar-refractivity contribution < 1.29 is 13.2 Å². The van der Waals surface area contributed by atoms with E-state index in [1.54, 1.807) is 4.90 Å². The zero-order valence-electron chi connectivity index (χ0n) is 16.4. The van der Waals surface area contributed by atoms with Crippen LogP contribution in [0.3, 0.4) is 0 Å². The Bertz CT molecular complexity index is 925. The summed E-state index contributed by atoms with van der Waals surface area (Å²) in [6, 6.07) is 7.73.